The molecule has 0 saturated carbocycles. The number of halogens is 2. The molecule has 1 amide bonds. The lowest BCUT2D eigenvalue weighted by molar-refractivity contribution is 0.0963. The van der Waals surface area contributed by atoms with Crippen LogP contribution in [0.3, 0.4) is 0 Å². The second-order valence-corrected chi connectivity index (χ2v) is 6.90. The third kappa shape index (κ3) is 6.16. The van der Waals surface area contributed by atoms with E-state index in [0.717, 1.165) is 24.9 Å². The molecule has 8 heteroatoms. The van der Waals surface area contributed by atoms with Crippen LogP contribution >= 0.6 is 15.9 Å². The molecule has 1 aromatic carbocycles. The van der Waals surface area contributed by atoms with Crippen molar-refractivity contribution in [3.05, 3.63) is 34.1 Å². The number of carbonyl (C=O) groups excluding carboxylic acids is 1. The normalized spacial score (nSPS) is 15.7. The van der Waals surface area contributed by atoms with E-state index >= 15 is 0 Å². The lowest BCUT2D eigenvalue weighted by atomic mass is 10.1. The predicted molar refractivity (Wildman–Crippen MR) is 104 cm³/mol. The standard InChI is InChI=1S/C18H26BrFN4O2/c1-3-21-17(22-12-13-5-6-15(19)16(20)11-13)23-14-7-9-24(10-8-14)18(25)26-4-2/h5-6,11,14H,3-4,7-10,12H2,1-2H3,(H2,21,22,23). The summed E-state index contributed by atoms with van der Waals surface area (Å²) in [5.41, 5.74) is 0.806. The van der Waals surface area contributed by atoms with Gasteiger partial charge in [-0.25, -0.2) is 14.2 Å². The molecule has 0 aliphatic carbocycles. The van der Waals surface area contributed by atoms with Crippen LogP contribution < -0.4 is 10.6 Å². The summed E-state index contributed by atoms with van der Waals surface area (Å²) in [5.74, 6) is 0.410. The van der Waals surface area contributed by atoms with Gasteiger partial charge in [0.15, 0.2) is 5.96 Å². The second-order valence-electron chi connectivity index (χ2n) is 6.05. The molecular weight excluding hydrogens is 403 g/mol. The third-order valence-corrected chi connectivity index (χ3v) is 4.75. The topological polar surface area (TPSA) is 66.0 Å². The minimum absolute atomic E-state index is 0.236. The van der Waals surface area contributed by atoms with E-state index in [-0.39, 0.29) is 18.0 Å². The molecule has 6 nitrogen and oxygen atoms in total. The Bertz CT molecular complexity index is 634. The molecule has 0 atom stereocenters. The Balaban J connectivity index is 1.89. The van der Waals surface area contributed by atoms with E-state index < -0.39 is 0 Å². The average Bonchev–Trinajstić information content (AvgIpc) is 2.63. The lowest BCUT2D eigenvalue weighted by Gasteiger charge is -2.32. The van der Waals surface area contributed by atoms with Crippen molar-refractivity contribution in [3.63, 3.8) is 0 Å². The van der Waals surface area contributed by atoms with Crippen LogP contribution in [0.4, 0.5) is 9.18 Å². The maximum Gasteiger partial charge on any atom is 0.409 e. The first-order valence-electron chi connectivity index (χ1n) is 8.94. The number of ether oxygens (including phenoxy) is 1. The number of likely N-dealkylation sites (tertiary alicyclic amines) is 1. The third-order valence-electron chi connectivity index (χ3n) is 4.11. The highest BCUT2D eigenvalue weighted by Crippen LogP contribution is 2.17. The van der Waals surface area contributed by atoms with Crippen LogP contribution in [-0.4, -0.2) is 49.2 Å². The van der Waals surface area contributed by atoms with Gasteiger partial charge in [-0.2, -0.15) is 0 Å². The van der Waals surface area contributed by atoms with Gasteiger partial charge < -0.3 is 20.3 Å². The van der Waals surface area contributed by atoms with E-state index in [4.69, 9.17) is 4.74 Å². The van der Waals surface area contributed by atoms with Crippen LogP contribution in [0.5, 0.6) is 0 Å². The van der Waals surface area contributed by atoms with Crippen molar-refractivity contribution >= 4 is 28.0 Å². The number of carbonyl (C=O) groups is 1. The zero-order chi connectivity index (χ0) is 18.9. The smallest absolute Gasteiger partial charge is 0.409 e. The number of hydrogen-bond acceptors (Lipinski definition) is 3. The number of amides is 1. The van der Waals surface area contributed by atoms with Crippen molar-refractivity contribution in [2.75, 3.05) is 26.2 Å². The van der Waals surface area contributed by atoms with Crippen LogP contribution in [0, 0.1) is 5.82 Å². The van der Waals surface area contributed by atoms with Crippen LogP contribution in [0.1, 0.15) is 32.3 Å². The molecule has 0 spiro atoms. The molecule has 1 heterocycles. The Morgan fingerprint density at radius 1 is 1.38 bits per heavy atom. The van der Waals surface area contributed by atoms with Gasteiger partial charge in [0.25, 0.3) is 0 Å². The summed E-state index contributed by atoms with van der Waals surface area (Å²) in [6.07, 6.45) is 1.41. The molecule has 1 fully saturated rings. The van der Waals surface area contributed by atoms with E-state index in [0.29, 0.717) is 36.7 Å². The Morgan fingerprint density at radius 2 is 2.12 bits per heavy atom. The van der Waals surface area contributed by atoms with Gasteiger partial charge in [0.1, 0.15) is 5.82 Å². The highest BCUT2D eigenvalue weighted by molar-refractivity contribution is 9.10. The average molecular weight is 429 g/mol. The number of rotatable bonds is 5. The largest absolute Gasteiger partial charge is 0.450 e. The molecule has 0 aromatic heterocycles. The first kappa shape index (κ1) is 20.5. The minimum atomic E-state index is -0.290. The molecular formula is C18H26BrFN4O2. The SMILES string of the molecule is CCNC(=NCc1ccc(Br)c(F)c1)NC1CCN(C(=O)OCC)CC1. The molecule has 144 valence electrons. The molecule has 1 aliphatic rings. The Labute approximate surface area is 162 Å². The number of nitrogens with zero attached hydrogens (tertiary/aromatic N) is 2. The van der Waals surface area contributed by atoms with Gasteiger partial charge in [0.05, 0.1) is 17.6 Å². The molecule has 1 saturated heterocycles. The van der Waals surface area contributed by atoms with Crippen molar-refractivity contribution in [1.82, 2.24) is 15.5 Å². The number of piperidine rings is 1. The van der Waals surface area contributed by atoms with Crippen LogP contribution in [0.15, 0.2) is 27.7 Å². The Morgan fingerprint density at radius 3 is 2.73 bits per heavy atom. The van der Waals surface area contributed by atoms with Crippen molar-refractivity contribution in [1.29, 1.82) is 0 Å². The summed E-state index contributed by atoms with van der Waals surface area (Å²) in [5, 5.41) is 6.61. The molecule has 1 aromatic rings. The van der Waals surface area contributed by atoms with Crippen LogP contribution in [0.25, 0.3) is 0 Å². The highest BCUT2D eigenvalue weighted by atomic mass is 79.9. The fraction of sp³-hybridized carbons (Fsp3) is 0.556. The summed E-state index contributed by atoms with van der Waals surface area (Å²) < 4.78 is 19.1. The molecule has 2 N–H and O–H groups in total. The van der Waals surface area contributed by atoms with Gasteiger partial charge in [-0.3, -0.25) is 0 Å². The number of guanidine groups is 1. The van der Waals surface area contributed by atoms with Gasteiger partial charge in [0.2, 0.25) is 0 Å². The Hall–Kier alpha value is -1.83. The number of hydrogen-bond donors (Lipinski definition) is 2. The summed E-state index contributed by atoms with van der Waals surface area (Å²) in [4.78, 5) is 18.0. The number of nitrogens with one attached hydrogen (secondary N) is 2. The van der Waals surface area contributed by atoms with Crippen molar-refractivity contribution < 1.29 is 13.9 Å². The molecule has 0 radical (unpaired) electrons. The van der Waals surface area contributed by atoms with E-state index in [2.05, 4.69) is 31.6 Å². The van der Waals surface area contributed by atoms with Crippen molar-refractivity contribution in [2.24, 2.45) is 4.99 Å². The molecule has 0 bridgehead atoms. The highest BCUT2D eigenvalue weighted by Gasteiger charge is 2.24. The number of benzene rings is 1. The maximum absolute atomic E-state index is 13.6. The zero-order valence-corrected chi connectivity index (χ0v) is 16.8. The van der Waals surface area contributed by atoms with Crippen molar-refractivity contribution in [3.8, 4) is 0 Å². The fourth-order valence-corrected chi connectivity index (χ4v) is 2.99. The van der Waals surface area contributed by atoms with Crippen molar-refractivity contribution in [2.45, 2.75) is 39.3 Å². The molecule has 26 heavy (non-hydrogen) atoms. The molecule has 2 rings (SSSR count). The van der Waals surface area contributed by atoms with E-state index in [9.17, 15) is 9.18 Å². The van der Waals surface area contributed by atoms with Gasteiger partial charge >= 0.3 is 6.09 Å². The summed E-state index contributed by atoms with van der Waals surface area (Å²) in [6, 6.07) is 5.25. The van der Waals surface area contributed by atoms with Crippen LogP contribution in [0.2, 0.25) is 0 Å². The quantitative estimate of drug-likeness (QED) is 0.557. The number of aliphatic imine (C=N–C) groups is 1. The van der Waals surface area contributed by atoms with E-state index in [1.807, 2.05) is 19.9 Å². The predicted octanol–water partition coefficient (Wildman–Crippen LogP) is 3.26. The zero-order valence-electron chi connectivity index (χ0n) is 15.2. The second kappa shape index (κ2) is 10.4. The molecule has 0 unspecified atom stereocenters. The first-order valence-corrected chi connectivity index (χ1v) is 9.73. The summed E-state index contributed by atoms with van der Waals surface area (Å²) in [7, 11) is 0. The van der Waals surface area contributed by atoms with Gasteiger partial charge in [-0.1, -0.05) is 6.07 Å². The van der Waals surface area contributed by atoms with E-state index in [1.54, 1.807) is 11.0 Å². The van der Waals surface area contributed by atoms with Crippen LogP contribution in [-0.2, 0) is 11.3 Å². The fourth-order valence-electron chi connectivity index (χ4n) is 2.74. The summed E-state index contributed by atoms with van der Waals surface area (Å²) >= 11 is 3.15. The van der Waals surface area contributed by atoms with E-state index in [1.165, 1.54) is 6.07 Å². The first-order chi connectivity index (χ1) is 12.5. The Kier molecular flexibility index (Phi) is 8.15. The monoisotopic (exact) mass is 428 g/mol. The molecule has 1 aliphatic heterocycles. The maximum atomic E-state index is 13.6. The van der Waals surface area contributed by atoms with Gasteiger partial charge in [0, 0.05) is 25.7 Å². The summed E-state index contributed by atoms with van der Waals surface area (Å²) in [6.45, 7) is 6.65. The van der Waals surface area contributed by atoms with Gasteiger partial charge in [-0.05, 0) is 60.3 Å². The van der Waals surface area contributed by atoms with Gasteiger partial charge in [-0.15, -0.1) is 0 Å². The minimum Gasteiger partial charge on any atom is -0.450 e. The lowest BCUT2D eigenvalue weighted by Crippen LogP contribution is -2.49.